The maximum Gasteiger partial charge on any atom is 0.411 e. The second kappa shape index (κ2) is 14.0. The summed E-state index contributed by atoms with van der Waals surface area (Å²) < 4.78 is 65.5. The summed E-state index contributed by atoms with van der Waals surface area (Å²) >= 11 is 0. The third kappa shape index (κ3) is 11.9. The first-order valence-electron chi connectivity index (χ1n) is 9.18. The molecule has 7 nitrogen and oxygen atoms in total. The number of benzene rings is 1. The van der Waals surface area contributed by atoms with Crippen LogP contribution in [-0.4, -0.2) is 64.4 Å². The number of halogens is 4. The van der Waals surface area contributed by atoms with E-state index in [-0.39, 0.29) is 36.3 Å². The van der Waals surface area contributed by atoms with Gasteiger partial charge in [0, 0.05) is 33.7 Å². The van der Waals surface area contributed by atoms with E-state index in [0.29, 0.717) is 37.6 Å². The van der Waals surface area contributed by atoms with Crippen molar-refractivity contribution in [1.82, 2.24) is 14.9 Å². The van der Waals surface area contributed by atoms with Gasteiger partial charge < -0.3 is 15.4 Å². The molecule has 0 saturated heterocycles. The molecule has 0 spiro atoms. The van der Waals surface area contributed by atoms with Crippen molar-refractivity contribution in [3.63, 3.8) is 0 Å². The number of guanidine groups is 1. The molecule has 1 aromatic rings. The SMILES string of the molecule is CCS(=O)(=O)N(C)CCCNC(=NC)NCc1ccc(COCC(F)(F)F)cc1.I. The molecule has 2 N–H and O–H groups in total. The minimum Gasteiger partial charge on any atom is -0.367 e. The molecule has 0 amide bonds. The summed E-state index contributed by atoms with van der Waals surface area (Å²) in [7, 11) is 0.0158. The fourth-order valence-electron chi connectivity index (χ4n) is 2.31. The van der Waals surface area contributed by atoms with Gasteiger partial charge in [-0.05, 0) is 24.5 Å². The van der Waals surface area contributed by atoms with Crippen molar-refractivity contribution in [3.8, 4) is 0 Å². The van der Waals surface area contributed by atoms with E-state index in [1.165, 1.54) is 4.31 Å². The molecule has 174 valence electrons. The van der Waals surface area contributed by atoms with Crippen LogP contribution >= 0.6 is 24.0 Å². The Morgan fingerprint density at radius 2 is 1.77 bits per heavy atom. The zero-order chi connectivity index (χ0) is 21.9. The first-order chi connectivity index (χ1) is 13.6. The summed E-state index contributed by atoms with van der Waals surface area (Å²) in [5, 5.41) is 6.23. The number of alkyl halides is 3. The monoisotopic (exact) mass is 566 g/mol. The average molecular weight is 566 g/mol. The van der Waals surface area contributed by atoms with Crippen LogP contribution in [0.4, 0.5) is 13.2 Å². The van der Waals surface area contributed by atoms with E-state index in [4.69, 9.17) is 0 Å². The number of hydrogen-bond donors (Lipinski definition) is 2. The lowest BCUT2D eigenvalue weighted by Crippen LogP contribution is -2.38. The van der Waals surface area contributed by atoms with E-state index in [9.17, 15) is 21.6 Å². The van der Waals surface area contributed by atoms with Crippen molar-refractivity contribution in [2.24, 2.45) is 4.99 Å². The lowest BCUT2D eigenvalue weighted by Gasteiger charge is -2.17. The fourth-order valence-corrected chi connectivity index (χ4v) is 3.16. The molecule has 30 heavy (non-hydrogen) atoms. The fraction of sp³-hybridized carbons (Fsp3) is 0.611. The molecular weight excluding hydrogens is 536 g/mol. The van der Waals surface area contributed by atoms with Crippen LogP contribution in [0.25, 0.3) is 0 Å². The summed E-state index contributed by atoms with van der Waals surface area (Å²) in [6.45, 7) is 1.69. The Morgan fingerprint density at radius 1 is 1.17 bits per heavy atom. The molecule has 0 unspecified atom stereocenters. The Morgan fingerprint density at radius 3 is 2.30 bits per heavy atom. The second-order valence-electron chi connectivity index (χ2n) is 6.35. The highest BCUT2D eigenvalue weighted by atomic mass is 127. The predicted octanol–water partition coefficient (Wildman–Crippen LogP) is 2.72. The Balaban J connectivity index is 0.00000841. The van der Waals surface area contributed by atoms with Gasteiger partial charge in [0.05, 0.1) is 12.4 Å². The molecule has 0 saturated carbocycles. The largest absolute Gasteiger partial charge is 0.411 e. The predicted molar refractivity (Wildman–Crippen MR) is 122 cm³/mol. The number of aliphatic imine (C=N–C) groups is 1. The normalized spacial score (nSPS) is 12.6. The molecule has 0 aliphatic rings. The molecule has 12 heteroatoms. The molecule has 1 aromatic carbocycles. The van der Waals surface area contributed by atoms with Crippen LogP contribution in [0.5, 0.6) is 0 Å². The van der Waals surface area contributed by atoms with Crippen LogP contribution in [-0.2, 0) is 27.9 Å². The van der Waals surface area contributed by atoms with Gasteiger partial charge in [0.2, 0.25) is 10.0 Å². The van der Waals surface area contributed by atoms with Gasteiger partial charge in [-0.15, -0.1) is 24.0 Å². The van der Waals surface area contributed by atoms with Gasteiger partial charge in [-0.2, -0.15) is 13.2 Å². The maximum atomic E-state index is 12.1. The van der Waals surface area contributed by atoms with Crippen LogP contribution in [0.3, 0.4) is 0 Å². The molecular formula is C18H30F3IN4O3S. The molecule has 0 aliphatic carbocycles. The van der Waals surface area contributed by atoms with Gasteiger partial charge in [0.1, 0.15) is 6.61 Å². The molecule has 0 atom stereocenters. The van der Waals surface area contributed by atoms with Crippen molar-refractivity contribution in [2.45, 2.75) is 32.7 Å². The van der Waals surface area contributed by atoms with E-state index >= 15 is 0 Å². The van der Waals surface area contributed by atoms with Crippen LogP contribution < -0.4 is 10.6 Å². The molecule has 0 bridgehead atoms. The Kier molecular flexibility index (Phi) is 13.5. The van der Waals surface area contributed by atoms with Gasteiger partial charge in [0.25, 0.3) is 0 Å². The minimum absolute atomic E-state index is 0. The molecule has 0 aliphatic heterocycles. The number of ether oxygens (including phenoxy) is 1. The first-order valence-corrected chi connectivity index (χ1v) is 10.8. The van der Waals surface area contributed by atoms with Crippen molar-refractivity contribution in [1.29, 1.82) is 0 Å². The van der Waals surface area contributed by atoms with Gasteiger partial charge in [0.15, 0.2) is 5.96 Å². The zero-order valence-corrected chi connectivity index (χ0v) is 20.5. The topological polar surface area (TPSA) is 83.0 Å². The van der Waals surface area contributed by atoms with Crippen molar-refractivity contribution in [2.75, 3.05) is 39.5 Å². The highest BCUT2D eigenvalue weighted by Gasteiger charge is 2.27. The number of nitrogens with one attached hydrogen (secondary N) is 2. The standard InChI is InChI=1S/C18H29F3N4O3S.HI/c1-4-29(26,27)25(3)11-5-10-23-17(22-2)24-12-15-6-8-16(9-7-15)13-28-14-18(19,20)21;/h6-9H,4-5,10-14H2,1-3H3,(H2,22,23,24);1H. The van der Waals surface area contributed by atoms with Gasteiger partial charge in [-0.3, -0.25) is 4.99 Å². The van der Waals surface area contributed by atoms with E-state index in [2.05, 4.69) is 20.4 Å². The van der Waals surface area contributed by atoms with Gasteiger partial charge in [-0.25, -0.2) is 12.7 Å². The van der Waals surface area contributed by atoms with E-state index in [1.54, 1.807) is 45.3 Å². The summed E-state index contributed by atoms with van der Waals surface area (Å²) in [4.78, 5) is 4.10. The number of hydrogen-bond acceptors (Lipinski definition) is 4. The Labute approximate surface area is 193 Å². The summed E-state index contributed by atoms with van der Waals surface area (Å²) in [5.74, 6) is 0.650. The number of sulfonamides is 1. The van der Waals surface area contributed by atoms with Crippen LogP contribution in [0.2, 0.25) is 0 Å². The van der Waals surface area contributed by atoms with Crippen LogP contribution in [0.15, 0.2) is 29.3 Å². The van der Waals surface area contributed by atoms with Crippen molar-refractivity contribution < 1.29 is 26.3 Å². The number of nitrogens with zero attached hydrogens (tertiary/aromatic N) is 2. The third-order valence-corrected chi connectivity index (χ3v) is 5.88. The molecule has 0 aromatic heterocycles. The van der Waals surface area contributed by atoms with Gasteiger partial charge in [-0.1, -0.05) is 24.3 Å². The van der Waals surface area contributed by atoms with E-state index < -0.39 is 22.8 Å². The lowest BCUT2D eigenvalue weighted by atomic mass is 10.1. The highest BCUT2D eigenvalue weighted by molar-refractivity contribution is 14.0. The van der Waals surface area contributed by atoms with Crippen LogP contribution in [0.1, 0.15) is 24.5 Å². The maximum absolute atomic E-state index is 12.1. The zero-order valence-electron chi connectivity index (χ0n) is 17.3. The summed E-state index contributed by atoms with van der Waals surface area (Å²) in [5.41, 5.74) is 1.59. The highest BCUT2D eigenvalue weighted by Crippen LogP contribution is 2.15. The molecule has 0 fully saturated rings. The van der Waals surface area contributed by atoms with E-state index in [1.807, 2.05) is 0 Å². The Hall–Kier alpha value is -1.12. The lowest BCUT2D eigenvalue weighted by molar-refractivity contribution is -0.176. The van der Waals surface area contributed by atoms with Crippen molar-refractivity contribution >= 4 is 40.0 Å². The first kappa shape index (κ1) is 28.9. The third-order valence-electron chi connectivity index (χ3n) is 4.02. The quantitative estimate of drug-likeness (QED) is 0.186. The average Bonchev–Trinajstić information content (AvgIpc) is 2.67. The van der Waals surface area contributed by atoms with Crippen molar-refractivity contribution in [3.05, 3.63) is 35.4 Å². The summed E-state index contributed by atoms with van der Waals surface area (Å²) in [6, 6.07) is 7.04. The van der Waals surface area contributed by atoms with Gasteiger partial charge >= 0.3 is 6.18 Å². The van der Waals surface area contributed by atoms with Crippen LogP contribution in [0, 0.1) is 0 Å². The van der Waals surface area contributed by atoms with E-state index in [0.717, 1.165) is 5.56 Å². The summed E-state index contributed by atoms with van der Waals surface area (Å²) in [6.07, 6.45) is -3.70. The molecule has 1 rings (SSSR count). The number of rotatable bonds is 11. The molecule has 0 heterocycles. The molecule has 0 radical (unpaired) electrons. The Bertz CT molecular complexity index is 744. The second-order valence-corrected chi connectivity index (χ2v) is 8.72. The minimum atomic E-state index is -4.33. The smallest absolute Gasteiger partial charge is 0.367 e.